The number of rotatable bonds is 5. The summed E-state index contributed by atoms with van der Waals surface area (Å²) in [6.07, 6.45) is 3.45. The quantitative estimate of drug-likeness (QED) is 0.751. The van der Waals surface area contributed by atoms with Crippen molar-refractivity contribution in [1.29, 1.82) is 0 Å². The van der Waals surface area contributed by atoms with Crippen LogP contribution in [-0.2, 0) is 24.2 Å². The SMILES string of the molecule is O=C(N[C@@H]1COCC[C@H]1Oc1ccc(CO)cc1)c1n[nH]c2c1CCC2. The Labute approximate surface area is 151 Å². The second-order valence-electron chi connectivity index (χ2n) is 6.78. The summed E-state index contributed by atoms with van der Waals surface area (Å²) >= 11 is 0. The third kappa shape index (κ3) is 3.45. The lowest BCUT2D eigenvalue weighted by Gasteiger charge is -2.32. The van der Waals surface area contributed by atoms with Gasteiger partial charge in [0.15, 0.2) is 5.69 Å². The molecule has 0 spiro atoms. The Balaban J connectivity index is 1.44. The first-order chi connectivity index (χ1) is 12.7. The smallest absolute Gasteiger partial charge is 0.272 e. The molecular weight excluding hydrogens is 334 g/mol. The zero-order valence-corrected chi connectivity index (χ0v) is 14.5. The maximum absolute atomic E-state index is 12.7. The van der Waals surface area contributed by atoms with Crippen LogP contribution in [0, 0.1) is 0 Å². The summed E-state index contributed by atoms with van der Waals surface area (Å²) in [6.45, 7) is 1.02. The van der Waals surface area contributed by atoms with Crippen LogP contribution in [-0.4, -0.2) is 46.6 Å². The molecule has 1 amide bonds. The largest absolute Gasteiger partial charge is 0.488 e. The van der Waals surface area contributed by atoms with E-state index in [4.69, 9.17) is 14.6 Å². The topological polar surface area (TPSA) is 96.5 Å². The van der Waals surface area contributed by atoms with Crippen molar-refractivity contribution in [3.63, 3.8) is 0 Å². The van der Waals surface area contributed by atoms with Gasteiger partial charge < -0.3 is 19.9 Å². The van der Waals surface area contributed by atoms with Crippen molar-refractivity contribution in [2.24, 2.45) is 0 Å². The van der Waals surface area contributed by atoms with E-state index < -0.39 is 0 Å². The number of nitrogens with one attached hydrogen (secondary N) is 2. The van der Waals surface area contributed by atoms with Gasteiger partial charge in [-0.3, -0.25) is 9.89 Å². The molecule has 3 N–H and O–H groups in total. The molecule has 0 bridgehead atoms. The number of aliphatic hydroxyl groups excluding tert-OH is 1. The zero-order valence-electron chi connectivity index (χ0n) is 14.5. The van der Waals surface area contributed by atoms with E-state index in [0.29, 0.717) is 31.1 Å². The van der Waals surface area contributed by atoms with Crippen molar-refractivity contribution in [2.45, 2.75) is 44.4 Å². The van der Waals surface area contributed by atoms with Crippen LogP contribution < -0.4 is 10.1 Å². The third-order valence-corrected chi connectivity index (χ3v) is 5.02. The Morgan fingerprint density at radius 2 is 2.19 bits per heavy atom. The minimum absolute atomic E-state index is 0.00418. The molecule has 2 atom stereocenters. The normalized spacial score (nSPS) is 22.0. The Hall–Kier alpha value is -2.38. The third-order valence-electron chi connectivity index (χ3n) is 5.02. The molecular formula is C19H23N3O4. The first-order valence-corrected chi connectivity index (χ1v) is 9.06. The second-order valence-corrected chi connectivity index (χ2v) is 6.78. The molecule has 2 aliphatic rings. The Morgan fingerprint density at radius 1 is 1.35 bits per heavy atom. The van der Waals surface area contributed by atoms with Gasteiger partial charge in [-0.25, -0.2) is 0 Å². The van der Waals surface area contributed by atoms with Crippen LogP contribution >= 0.6 is 0 Å². The average Bonchev–Trinajstić information content (AvgIpc) is 3.27. The molecule has 0 unspecified atom stereocenters. The van der Waals surface area contributed by atoms with Crippen molar-refractivity contribution in [3.05, 3.63) is 46.8 Å². The molecule has 4 rings (SSSR count). The Bertz CT molecular complexity index is 772. The van der Waals surface area contributed by atoms with Crippen molar-refractivity contribution in [2.75, 3.05) is 13.2 Å². The Kier molecular flexibility index (Phi) is 4.90. The standard InChI is InChI=1S/C19H23N3O4/c23-10-12-4-6-13(7-5-12)26-17-8-9-25-11-16(17)20-19(24)18-14-2-1-3-15(14)21-22-18/h4-7,16-17,23H,1-3,8-11H2,(H,20,24)(H,21,22)/t16-,17-/m1/s1. The molecule has 26 heavy (non-hydrogen) atoms. The number of amides is 1. The van der Waals surface area contributed by atoms with Crippen LogP contribution in [0.1, 0.15) is 40.2 Å². The van der Waals surface area contributed by atoms with Gasteiger partial charge in [-0.15, -0.1) is 0 Å². The molecule has 7 heteroatoms. The summed E-state index contributed by atoms with van der Waals surface area (Å²) in [5.41, 5.74) is 3.44. The van der Waals surface area contributed by atoms with Crippen molar-refractivity contribution in [3.8, 4) is 5.75 Å². The molecule has 1 aliphatic carbocycles. The fourth-order valence-electron chi connectivity index (χ4n) is 3.59. The fourth-order valence-corrected chi connectivity index (χ4v) is 3.59. The van der Waals surface area contributed by atoms with Crippen molar-refractivity contribution < 1.29 is 19.4 Å². The predicted molar refractivity (Wildman–Crippen MR) is 94.1 cm³/mol. The van der Waals surface area contributed by atoms with E-state index in [1.165, 1.54) is 0 Å². The number of H-pyrrole nitrogens is 1. The van der Waals surface area contributed by atoms with Crippen LogP contribution in [0.25, 0.3) is 0 Å². The van der Waals surface area contributed by atoms with E-state index in [1.54, 1.807) is 0 Å². The molecule has 7 nitrogen and oxygen atoms in total. The molecule has 2 aromatic rings. The predicted octanol–water partition coefficient (Wildman–Crippen LogP) is 1.36. The van der Waals surface area contributed by atoms with Crippen molar-refractivity contribution >= 4 is 5.91 Å². The van der Waals surface area contributed by atoms with Gasteiger partial charge in [-0.2, -0.15) is 5.10 Å². The highest BCUT2D eigenvalue weighted by molar-refractivity contribution is 5.94. The minimum atomic E-state index is -0.234. The van der Waals surface area contributed by atoms with Gasteiger partial charge in [0, 0.05) is 17.7 Å². The van der Waals surface area contributed by atoms with Crippen LogP contribution in [0.3, 0.4) is 0 Å². The molecule has 1 aromatic heterocycles. The summed E-state index contributed by atoms with van der Waals surface area (Å²) in [4.78, 5) is 12.7. The van der Waals surface area contributed by atoms with E-state index in [0.717, 1.165) is 36.1 Å². The zero-order chi connectivity index (χ0) is 17.9. The molecule has 1 saturated heterocycles. The lowest BCUT2D eigenvalue weighted by Crippen LogP contribution is -2.52. The summed E-state index contributed by atoms with van der Waals surface area (Å²) in [5, 5.41) is 19.3. The maximum atomic E-state index is 12.7. The van der Waals surface area contributed by atoms with Crippen LogP contribution in [0.4, 0.5) is 0 Å². The van der Waals surface area contributed by atoms with E-state index in [2.05, 4.69) is 15.5 Å². The van der Waals surface area contributed by atoms with Crippen LogP contribution in [0.5, 0.6) is 5.75 Å². The van der Waals surface area contributed by atoms with Gasteiger partial charge in [0.1, 0.15) is 11.9 Å². The van der Waals surface area contributed by atoms with Gasteiger partial charge in [0.2, 0.25) is 0 Å². The number of aryl methyl sites for hydroxylation is 1. The van der Waals surface area contributed by atoms with E-state index in [-0.39, 0.29) is 24.7 Å². The molecule has 1 aliphatic heterocycles. The summed E-state index contributed by atoms with van der Waals surface area (Å²) in [6, 6.07) is 7.09. The number of nitrogens with zero attached hydrogens (tertiary/aromatic N) is 1. The number of benzene rings is 1. The highest BCUT2D eigenvalue weighted by Gasteiger charge is 2.31. The van der Waals surface area contributed by atoms with Gasteiger partial charge in [-0.1, -0.05) is 12.1 Å². The van der Waals surface area contributed by atoms with E-state index in [1.807, 2.05) is 24.3 Å². The maximum Gasteiger partial charge on any atom is 0.272 e. The second kappa shape index (κ2) is 7.47. The number of carbonyl (C=O) groups is 1. The van der Waals surface area contributed by atoms with Gasteiger partial charge in [0.25, 0.3) is 5.91 Å². The number of aromatic amines is 1. The number of ether oxygens (including phenoxy) is 2. The van der Waals surface area contributed by atoms with Gasteiger partial charge >= 0.3 is 0 Å². The first kappa shape index (κ1) is 17.1. The molecule has 138 valence electrons. The lowest BCUT2D eigenvalue weighted by atomic mass is 10.1. The molecule has 1 fully saturated rings. The highest BCUT2D eigenvalue weighted by Crippen LogP contribution is 2.23. The number of carbonyl (C=O) groups excluding carboxylic acids is 1. The van der Waals surface area contributed by atoms with E-state index in [9.17, 15) is 4.79 Å². The van der Waals surface area contributed by atoms with Gasteiger partial charge in [-0.05, 0) is 37.0 Å². The number of fused-ring (bicyclic) bond motifs is 1. The van der Waals surface area contributed by atoms with Crippen molar-refractivity contribution in [1.82, 2.24) is 15.5 Å². The molecule has 0 saturated carbocycles. The number of aliphatic hydroxyl groups is 1. The first-order valence-electron chi connectivity index (χ1n) is 9.06. The Morgan fingerprint density at radius 3 is 3.00 bits per heavy atom. The fraction of sp³-hybridized carbons (Fsp3) is 0.474. The summed E-state index contributed by atoms with van der Waals surface area (Å²) < 4.78 is 11.6. The summed E-state index contributed by atoms with van der Waals surface area (Å²) in [7, 11) is 0. The number of hydrogen-bond donors (Lipinski definition) is 3. The van der Waals surface area contributed by atoms with Crippen LogP contribution in [0.2, 0.25) is 0 Å². The molecule has 2 heterocycles. The number of aromatic nitrogens is 2. The molecule has 1 aromatic carbocycles. The van der Waals surface area contributed by atoms with Gasteiger partial charge in [0.05, 0.1) is 25.9 Å². The molecule has 0 radical (unpaired) electrons. The van der Waals surface area contributed by atoms with E-state index >= 15 is 0 Å². The number of hydrogen-bond acceptors (Lipinski definition) is 5. The highest BCUT2D eigenvalue weighted by atomic mass is 16.5. The summed E-state index contributed by atoms with van der Waals surface area (Å²) in [5.74, 6) is 0.540. The van der Waals surface area contributed by atoms with Crippen LogP contribution in [0.15, 0.2) is 24.3 Å². The lowest BCUT2D eigenvalue weighted by molar-refractivity contribution is -0.00297. The monoisotopic (exact) mass is 357 g/mol. The average molecular weight is 357 g/mol. The minimum Gasteiger partial charge on any atom is -0.488 e.